The first-order chi connectivity index (χ1) is 16.1. The largest absolute Gasteiger partial charge is 0.350 e. The van der Waals surface area contributed by atoms with Crippen LogP contribution in [0.1, 0.15) is 48.6 Å². The molecule has 4 heteroatoms. The van der Waals surface area contributed by atoms with E-state index in [1.807, 2.05) is 107 Å². The summed E-state index contributed by atoms with van der Waals surface area (Å²) in [4.78, 5) is 29.1. The Bertz CT molecular complexity index is 1120. The molecule has 0 aliphatic rings. The Hall–Kier alpha value is -3.40. The van der Waals surface area contributed by atoms with Gasteiger partial charge in [0, 0.05) is 18.5 Å². The van der Waals surface area contributed by atoms with E-state index in [9.17, 15) is 9.59 Å². The molecule has 0 saturated carbocycles. The van der Waals surface area contributed by atoms with Crippen molar-refractivity contribution in [3.63, 3.8) is 0 Å². The second-order valence-corrected chi connectivity index (χ2v) is 10.1. The molecule has 0 unspecified atom stereocenters. The van der Waals surface area contributed by atoms with Crippen LogP contribution in [-0.2, 0) is 29.0 Å². The number of hydrogen-bond donors (Lipinski definition) is 1. The van der Waals surface area contributed by atoms with Crippen molar-refractivity contribution in [2.75, 3.05) is 0 Å². The van der Waals surface area contributed by atoms with Crippen molar-refractivity contribution >= 4 is 11.8 Å². The summed E-state index contributed by atoms with van der Waals surface area (Å²) in [5.74, 6) is -0.192. The first-order valence-corrected chi connectivity index (χ1v) is 11.9. The maximum absolute atomic E-state index is 13.8. The SMILES string of the molecule is Cc1cccc(CN(C(=O)Cc2ccccc2C)[C@@H](Cc2ccccc2)C(=O)NC(C)(C)C)c1. The summed E-state index contributed by atoms with van der Waals surface area (Å²) < 4.78 is 0. The molecular formula is C30H36N2O2. The van der Waals surface area contributed by atoms with E-state index in [-0.39, 0.29) is 18.2 Å². The number of carbonyl (C=O) groups excluding carboxylic acids is 2. The van der Waals surface area contributed by atoms with Crippen LogP contribution in [0, 0.1) is 13.8 Å². The summed E-state index contributed by atoms with van der Waals surface area (Å²) in [5, 5.41) is 3.11. The lowest BCUT2D eigenvalue weighted by atomic mass is 9.99. The fourth-order valence-corrected chi connectivity index (χ4v) is 4.09. The maximum Gasteiger partial charge on any atom is 0.243 e. The van der Waals surface area contributed by atoms with E-state index < -0.39 is 11.6 Å². The summed E-state index contributed by atoms with van der Waals surface area (Å²) in [6.45, 7) is 10.3. The van der Waals surface area contributed by atoms with Crippen LogP contribution in [0.3, 0.4) is 0 Å². The van der Waals surface area contributed by atoms with Crippen LogP contribution < -0.4 is 5.32 Å². The van der Waals surface area contributed by atoms with Gasteiger partial charge in [0.1, 0.15) is 6.04 Å². The van der Waals surface area contributed by atoms with Crippen LogP contribution in [0.2, 0.25) is 0 Å². The summed E-state index contributed by atoms with van der Waals surface area (Å²) >= 11 is 0. The number of aryl methyl sites for hydroxylation is 2. The Labute approximate surface area is 204 Å². The number of hydrogen-bond acceptors (Lipinski definition) is 2. The fraction of sp³-hybridized carbons (Fsp3) is 0.333. The Morgan fingerprint density at radius 1 is 0.853 bits per heavy atom. The molecule has 0 saturated heterocycles. The molecule has 1 atom stereocenters. The zero-order chi connectivity index (χ0) is 24.7. The molecule has 3 aromatic carbocycles. The van der Waals surface area contributed by atoms with E-state index in [4.69, 9.17) is 0 Å². The van der Waals surface area contributed by atoms with Crippen LogP contribution in [0.4, 0.5) is 0 Å². The molecule has 0 aliphatic carbocycles. The van der Waals surface area contributed by atoms with E-state index in [1.165, 1.54) is 0 Å². The first-order valence-electron chi connectivity index (χ1n) is 11.9. The highest BCUT2D eigenvalue weighted by Crippen LogP contribution is 2.19. The summed E-state index contributed by atoms with van der Waals surface area (Å²) in [6, 6.07) is 25.3. The average Bonchev–Trinajstić information content (AvgIpc) is 2.77. The van der Waals surface area contributed by atoms with Gasteiger partial charge in [-0.05, 0) is 56.9 Å². The quantitative estimate of drug-likeness (QED) is 0.493. The first kappa shape index (κ1) is 25.2. The molecule has 0 fully saturated rings. The number of benzene rings is 3. The zero-order valence-corrected chi connectivity index (χ0v) is 21.0. The molecule has 0 aromatic heterocycles. The Kier molecular flexibility index (Phi) is 8.27. The van der Waals surface area contributed by atoms with Gasteiger partial charge in [0.2, 0.25) is 11.8 Å². The van der Waals surface area contributed by atoms with Crippen molar-refractivity contribution in [3.05, 3.63) is 107 Å². The van der Waals surface area contributed by atoms with Gasteiger partial charge in [0.05, 0.1) is 6.42 Å². The number of rotatable bonds is 8. The summed E-state index contributed by atoms with van der Waals surface area (Å²) in [6.07, 6.45) is 0.709. The number of amides is 2. The van der Waals surface area contributed by atoms with Crippen molar-refractivity contribution in [2.24, 2.45) is 0 Å². The van der Waals surface area contributed by atoms with Crippen molar-refractivity contribution in [2.45, 2.75) is 65.6 Å². The van der Waals surface area contributed by atoms with Crippen molar-refractivity contribution < 1.29 is 9.59 Å². The molecule has 0 radical (unpaired) electrons. The number of nitrogens with zero attached hydrogens (tertiary/aromatic N) is 1. The van der Waals surface area contributed by atoms with Gasteiger partial charge in [0.25, 0.3) is 0 Å². The van der Waals surface area contributed by atoms with Crippen LogP contribution in [0.5, 0.6) is 0 Å². The minimum atomic E-state index is -0.626. The number of carbonyl (C=O) groups is 2. The highest BCUT2D eigenvalue weighted by Gasteiger charge is 2.32. The van der Waals surface area contributed by atoms with Gasteiger partial charge in [0.15, 0.2) is 0 Å². The molecule has 178 valence electrons. The van der Waals surface area contributed by atoms with Gasteiger partial charge < -0.3 is 10.2 Å². The van der Waals surface area contributed by atoms with Gasteiger partial charge in [-0.15, -0.1) is 0 Å². The molecule has 34 heavy (non-hydrogen) atoms. The van der Waals surface area contributed by atoms with Gasteiger partial charge in [-0.3, -0.25) is 9.59 Å². The lowest BCUT2D eigenvalue weighted by molar-refractivity contribution is -0.141. The molecule has 0 bridgehead atoms. The molecule has 0 spiro atoms. The lowest BCUT2D eigenvalue weighted by Gasteiger charge is -2.34. The minimum Gasteiger partial charge on any atom is -0.350 e. The van der Waals surface area contributed by atoms with E-state index in [2.05, 4.69) is 11.4 Å². The molecule has 0 aliphatic heterocycles. The standard InChI is InChI=1S/C30H36N2O2/c1-22-12-11-16-25(18-22)21-32(28(33)20-26-17-10-9-13-23(26)2)27(29(34)31-30(3,4)5)19-24-14-7-6-8-15-24/h6-18,27H,19-21H2,1-5H3,(H,31,34)/t27-/m0/s1. The highest BCUT2D eigenvalue weighted by molar-refractivity contribution is 5.89. The predicted molar refractivity (Wildman–Crippen MR) is 138 cm³/mol. The van der Waals surface area contributed by atoms with Gasteiger partial charge in [-0.2, -0.15) is 0 Å². The van der Waals surface area contributed by atoms with E-state index in [0.717, 1.165) is 27.8 Å². The molecule has 3 rings (SSSR count). The maximum atomic E-state index is 13.8. The second-order valence-electron chi connectivity index (χ2n) is 10.1. The van der Waals surface area contributed by atoms with Gasteiger partial charge >= 0.3 is 0 Å². The molecule has 4 nitrogen and oxygen atoms in total. The summed E-state index contributed by atoms with van der Waals surface area (Å²) in [5.41, 5.74) is 4.82. The average molecular weight is 457 g/mol. The molecule has 1 N–H and O–H groups in total. The fourth-order valence-electron chi connectivity index (χ4n) is 4.09. The van der Waals surface area contributed by atoms with E-state index >= 15 is 0 Å². The third-order valence-corrected chi connectivity index (χ3v) is 5.81. The van der Waals surface area contributed by atoms with Gasteiger partial charge in [-0.1, -0.05) is 84.4 Å². The van der Waals surface area contributed by atoms with Crippen LogP contribution in [-0.4, -0.2) is 28.3 Å². The highest BCUT2D eigenvalue weighted by atomic mass is 16.2. The molecule has 2 amide bonds. The molecule has 3 aromatic rings. The molecule has 0 heterocycles. The van der Waals surface area contributed by atoms with Crippen LogP contribution >= 0.6 is 0 Å². The normalized spacial score (nSPS) is 12.1. The zero-order valence-electron chi connectivity index (χ0n) is 21.0. The smallest absolute Gasteiger partial charge is 0.243 e. The lowest BCUT2D eigenvalue weighted by Crippen LogP contribution is -2.54. The third-order valence-electron chi connectivity index (χ3n) is 5.81. The van der Waals surface area contributed by atoms with E-state index in [0.29, 0.717) is 13.0 Å². The van der Waals surface area contributed by atoms with E-state index in [1.54, 1.807) is 4.90 Å². The Balaban J connectivity index is 2.00. The van der Waals surface area contributed by atoms with Crippen LogP contribution in [0.25, 0.3) is 0 Å². The topological polar surface area (TPSA) is 49.4 Å². The minimum absolute atomic E-state index is 0.0548. The van der Waals surface area contributed by atoms with Gasteiger partial charge in [-0.25, -0.2) is 0 Å². The van der Waals surface area contributed by atoms with Crippen molar-refractivity contribution in [3.8, 4) is 0 Å². The van der Waals surface area contributed by atoms with Crippen molar-refractivity contribution in [1.29, 1.82) is 0 Å². The molecular weight excluding hydrogens is 420 g/mol. The Morgan fingerprint density at radius 3 is 2.15 bits per heavy atom. The monoisotopic (exact) mass is 456 g/mol. The Morgan fingerprint density at radius 2 is 1.50 bits per heavy atom. The van der Waals surface area contributed by atoms with Crippen molar-refractivity contribution in [1.82, 2.24) is 10.2 Å². The summed E-state index contributed by atoms with van der Waals surface area (Å²) in [7, 11) is 0. The third kappa shape index (κ3) is 7.31. The second kappa shape index (κ2) is 11.1. The predicted octanol–water partition coefficient (Wildman–Crippen LogP) is 5.40. The number of nitrogens with one attached hydrogen (secondary N) is 1. The van der Waals surface area contributed by atoms with Crippen LogP contribution in [0.15, 0.2) is 78.9 Å².